The highest BCUT2D eigenvalue weighted by atomic mass is 127. The monoisotopic (exact) mass is 397 g/mol. The number of halogens is 1. The Morgan fingerprint density at radius 2 is 1.50 bits per heavy atom. The minimum Gasteiger partial charge on any atom is -0.475 e. The highest BCUT2D eigenvalue weighted by Crippen LogP contribution is 2.08. The summed E-state index contributed by atoms with van der Waals surface area (Å²) >= 11 is 2.19. The summed E-state index contributed by atoms with van der Waals surface area (Å²) in [5, 5.41) is 8.48. The first-order valence-electron chi connectivity index (χ1n) is 6.41. The average molecular weight is 397 g/mol. The van der Waals surface area contributed by atoms with Crippen LogP contribution in [0.2, 0.25) is 0 Å². The van der Waals surface area contributed by atoms with Crippen LogP contribution in [0.3, 0.4) is 0 Å². The van der Waals surface area contributed by atoms with Crippen LogP contribution in [-0.2, 0) is 14.2 Å². The molecule has 0 bridgehead atoms. The van der Waals surface area contributed by atoms with E-state index in [2.05, 4.69) is 27.6 Å². The van der Waals surface area contributed by atoms with Crippen LogP contribution in [0.15, 0.2) is 18.3 Å². The van der Waals surface area contributed by atoms with E-state index in [0.29, 0.717) is 52.1 Å². The van der Waals surface area contributed by atoms with Gasteiger partial charge in [0.05, 0.1) is 46.2 Å². The highest BCUT2D eigenvalue weighted by molar-refractivity contribution is 14.1. The van der Waals surface area contributed by atoms with Crippen molar-refractivity contribution in [2.24, 2.45) is 0 Å². The van der Waals surface area contributed by atoms with Crippen molar-refractivity contribution >= 4 is 22.6 Å². The molecule has 0 unspecified atom stereocenters. The third-order valence-corrected chi connectivity index (χ3v) is 2.80. The van der Waals surface area contributed by atoms with Crippen LogP contribution in [0.5, 0.6) is 5.88 Å². The molecule has 0 aliphatic heterocycles. The number of aromatic nitrogens is 1. The van der Waals surface area contributed by atoms with Crippen molar-refractivity contribution in [3.63, 3.8) is 0 Å². The number of hydrogen-bond donors (Lipinski definition) is 1. The molecule has 0 amide bonds. The van der Waals surface area contributed by atoms with E-state index in [-0.39, 0.29) is 6.61 Å². The van der Waals surface area contributed by atoms with Gasteiger partial charge in [-0.2, -0.15) is 0 Å². The van der Waals surface area contributed by atoms with Crippen molar-refractivity contribution in [2.75, 3.05) is 52.9 Å². The van der Waals surface area contributed by atoms with Crippen molar-refractivity contribution in [1.82, 2.24) is 4.98 Å². The molecule has 0 aliphatic carbocycles. The Labute approximate surface area is 132 Å². The molecule has 20 heavy (non-hydrogen) atoms. The molecule has 1 N–H and O–H groups in total. The van der Waals surface area contributed by atoms with E-state index in [9.17, 15) is 0 Å². The minimum absolute atomic E-state index is 0.0402. The molecule has 0 atom stereocenters. The molecule has 0 radical (unpaired) electrons. The third-order valence-electron chi connectivity index (χ3n) is 2.16. The van der Waals surface area contributed by atoms with Crippen LogP contribution in [0.25, 0.3) is 0 Å². The smallest absolute Gasteiger partial charge is 0.213 e. The summed E-state index contributed by atoms with van der Waals surface area (Å²) in [4.78, 5) is 4.12. The number of ether oxygens (including phenoxy) is 4. The van der Waals surface area contributed by atoms with E-state index in [1.54, 1.807) is 6.20 Å². The van der Waals surface area contributed by atoms with Crippen molar-refractivity contribution in [2.45, 2.75) is 0 Å². The molecule has 7 heteroatoms. The lowest BCUT2D eigenvalue weighted by atomic mass is 10.5. The summed E-state index contributed by atoms with van der Waals surface area (Å²) in [6.45, 7) is 3.38. The molecular weight excluding hydrogens is 377 g/mol. The van der Waals surface area contributed by atoms with Gasteiger partial charge >= 0.3 is 0 Å². The van der Waals surface area contributed by atoms with Gasteiger partial charge in [-0.05, 0) is 28.7 Å². The quantitative estimate of drug-likeness (QED) is 0.421. The zero-order valence-corrected chi connectivity index (χ0v) is 13.5. The zero-order valence-electron chi connectivity index (χ0n) is 11.3. The topological polar surface area (TPSA) is 70.0 Å². The summed E-state index contributed by atoms with van der Waals surface area (Å²) in [6, 6.07) is 3.77. The van der Waals surface area contributed by atoms with Crippen LogP contribution < -0.4 is 4.74 Å². The number of aliphatic hydroxyl groups excluding tert-OH is 1. The highest BCUT2D eigenvalue weighted by Gasteiger charge is 1.95. The number of hydrogen-bond acceptors (Lipinski definition) is 6. The second-order valence-electron chi connectivity index (χ2n) is 3.72. The van der Waals surface area contributed by atoms with Crippen molar-refractivity contribution in [3.05, 3.63) is 21.9 Å². The van der Waals surface area contributed by atoms with Crippen LogP contribution in [0, 0.1) is 3.57 Å². The number of rotatable bonds is 12. The van der Waals surface area contributed by atoms with E-state index in [4.69, 9.17) is 24.1 Å². The van der Waals surface area contributed by atoms with Crippen LogP contribution in [0.4, 0.5) is 0 Å². The van der Waals surface area contributed by atoms with Gasteiger partial charge in [-0.15, -0.1) is 0 Å². The van der Waals surface area contributed by atoms with Gasteiger partial charge in [0.15, 0.2) is 0 Å². The first kappa shape index (κ1) is 17.6. The molecular formula is C13H20INO5. The first-order valence-corrected chi connectivity index (χ1v) is 7.49. The molecule has 1 aromatic rings. The molecule has 0 saturated heterocycles. The summed E-state index contributed by atoms with van der Waals surface area (Å²) in [7, 11) is 0. The van der Waals surface area contributed by atoms with Crippen molar-refractivity contribution in [3.8, 4) is 5.88 Å². The van der Waals surface area contributed by atoms with Gasteiger partial charge < -0.3 is 24.1 Å². The van der Waals surface area contributed by atoms with Crippen LogP contribution >= 0.6 is 22.6 Å². The van der Waals surface area contributed by atoms with E-state index < -0.39 is 0 Å². The van der Waals surface area contributed by atoms with Gasteiger partial charge in [0.1, 0.15) is 6.61 Å². The van der Waals surface area contributed by atoms with Gasteiger partial charge in [-0.1, -0.05) is 0 Å². The number of pyridine rings is 1. The minimum atomic E-state index is 0.0402. The van der Waals surface area contributed by atoms with Crippen molar-refractivity contribution in [1.29, 1.82) is 0 Å². The molecule has 0 fully saturated rings. The molecule has 0 aliphatic rings. The van der Waals surface area contributed by atoms with Gasteiger partial charge in [-0.25, -0.2) is 4.98 Å². The van der Waals surface area contributed by atoms with Crippen molar-refractivity contribution < 1.29 is 24.1 Å². The Morgan fingerprint density at radius 1 is 0.900 bits per heavy atom. The molecule has 0 saturated carbocycles. The van der Waals surface area contributed by atoms with Crippen LogP contribution in [0.1, 0.15) is 0 Å². The Balaban J connectivity index is 1.84. The van der Waals surface area contributed by atoms with Gasteiger partial charge in [0, 0.05) is 15.8 Å². The molecule has 6 nitrogen and oxygen atoms in total. The SMILES string of the molecule is OCCOCCOCCOCCOc1ccc(I)cn1. The molecule has 114 valence electrons. The maximum atomic E-state index is 8.48. The lowest BCUT2D eigenvalue weighted by molar-refractivity contribution is 0.00342. The maximum absolute atomic E-state index is 8.48. The predicted molar refractivity (Wildman–Crippen MR) is 82.0 cm³/mol. The second kappa shape index (κ2) is 12.3. The molecule has 1 heterocycles. The van der Waals surface area contributed by atoms with Gasteiger partial charge in [-0.3, -0.25) is 0 Å². The number of nitrogens with zero attached hydrogens (tertiary/aromatic N) is 1. The Morgan fingerprint density at radius 3 is 2.05 bits per heavy atom. The summed E-state index contributed by atoms with van der Waals surface area (Å²) < 4.78 is 22.1. The maximum Gasteiger partial charge on any atom is 0.213 e. The van der Waals surface area contributed by atoms with E-state index in [0.717, 1.165) is 3.57 Å². The Kier molecular flexibility index (Phi) is 10.8. The van der Waals surface area contributed by atoms with Crippen LogP contribution in [-0.4, -0.2) is 62.9 Å². The standard InChI is InChI=1S/C13H20INO5/c14-12-1-2-13(15-11-12)20-10-9-19-8-7-18-6-5-17-4-3-16/h1-2,11,16H,3-10H2. The lowest BCUT2D eigenvalue weighted by Crippen LogP contribution is -2.13. The fourth-order valence-electron chi connectivity index (χ4n) is 1.26. The van der Waals surface area contributed by atoms with E-state index in [1.807, 2.05) is 12.1 Å². The number of aliphatic hydroxyl groups is 1. The Bertz CT molecular complexity index is 336. The molecule has 1 rings (SSSR count). The normalized spacial score (nSPS) is 10.7. The summed E-state index contributed by atoms with van der Waals surface area (Å²) in [6.07, 6.45) is 1.75. The van der Waals surface area contributed by atoms with Gasteiger partial charge in [0.25, 0.3) is 0 Å². The largest absolute Gasteiger partial charge is 0.475 e. The fourth-order valence-corrected chi connectivity index (χ4v) is 1.58. The molecule has 1 aromatic heterocycles. The molecule has 0 aromatic carbocycles. The Hall–Kier alpha value is -0.480. The van der Waals surface area contributed by atoms with Gasteiger partial charge in [0.2, 0.25) is 5.88 Å². The lowest BCUT2D eigenvalue weighted by Gasteiger charge is -2.07. The van der Waals surface area contributed by atoms with E-state index in [1.165, 1.54) is 0 Å². The third kappa shape index (κ3) is 9.43. The second-order valence-corrected chi connectivity index (χ2v) is 4.97. The summed E-state index contributed by atoms with van der Waals surface area (Å²) in [5.41, 5.74) is 0. The fraction of sp³-hybridized carbons (Fsp3) is 0.615. The van der Waals surface area contributed by atoms with E-state index >= 15 is 0 Å². The first-order chi connectivity index (χ1) is 9.83. The molecule has 0 spiro atoms. The summed E-state index contributed by atoms with van der Waals surface area (Å²) in [5.74, 6) is 0.603. The zero-order chi connectivity index (χ0) is 14.5. The average Bonchev–Trinajstić information content (AvgIpc) is 2.47. The predicted octanol–water partition coefficient (Wildman–Crippen LogP) is 1.11.